The van der Waals surface area contributed by atoms with Crippen molar-refractivity contribution < 1.29 is 13.2 Å². The van der Waals surface area contributed by atoms with E-state index in [1.54, 1.807) is 6.08 Å². The summed E-state index contributed by atoms with van der Waals surface area (Å²) < 4.78 is 27.8. The van der Waals surface area contributed by atoms with Gasteiger partial charge in [-0.05, 0) is 0 Å². The van der Waals surface area contributed by atoms with E-state index in [9.17, 15) is 8.42 Å². The molecule has 6 heteroatoms. The van der Waals surface area contributed by atoms with Gasteiger partial charge in [0.1, 0.15) is 6.61 Å². The third-order valence-electron chi connectivity index (χ3n) is 1.24. The molecule has 0 amide bonds. The van der Waals surface area contributed by atoms with Crippen LogP contribution in [0.5, 0.6) is 5.75 Å². The number of aromatic nitrogens is 2. The molecule has 72 valence electrons. The standard InChI is InChI=1S/C7H10N2O3S/c1-3-4-12-7-5-8-9(6-7)13(2,10)11/h3,5-6H,1,4H2,2H3. The lowest BCUT2D eigenvalue weighted by Gasteiger charge is -1.96. The van der Waals surface area contributed by atoms with E-state index in [-0.39, 0.29) is 0 Å². The van der Waals surface area contributed by atoms with Gasteiger partial charge in [-0.15, -0.1) is 0 Å². The fourth-order valence-corrected chi connectivity index (χ4v) is 1.21. The summed E-state index contributed by atoms with van der Waals surface area (Å²) in [6.45, 7) is 3.79. The molecular weight excluding hydrogens is 192 g/mol. The number of nitrogens with zero attached hydrogens (tertiary/aromatic N) is 2. The molecule has 0 aliphatic rings. The summed E-state index contributed by atoms with van der Waals surface area (Å²) in [6.07, 6.45) is 5.28. The Morgan fingerprint density at radius 1 is 1.77 bits per heavy atom. The highest BCUT2D eigenvalue weighted by Crippen LogP contribution is 2.08. The first-order valence-corrected chi connectivity index (χ1v) is 5.38. The van der Waals surface area contributed by atoms with Crippen molar-refractivity contribution in [1.29, 1.82) is 0 Å². The molecule has 0 aromatic carbocycles. The van der Waals surface area contributed by atoms with Crippen molar-refractivity contribution >= 4 is 10.0 Å². The monoisotopic (exact) mass is 202 g/mol. The summed E-state index contributed by atoms with van der Waals surface area (Å²) in [4.78, 5) is 0. The summed E-state index contributed by atoms with van der Waals surface area (Å²) in [5, 5.41) is 3.61. The van der Waals surface area contributed by atoms with Crippen molar-refractivity contribution in [3.05, 3.63) is 25.0 Å². The Labute approximate surface area is 76.7 Å². The van der Waals surface area contributed by atoms with E-state index in [1.807, 2.05) is 0 Å². The molecule has 0 fully saturated rings. The Morgan fingerprint density at radius 3 is 2.92 bits per heavy atom. The van der Waals surface area contributed by atoms with Crippen molar-refractivity contribution in [1.82, 2.24) is 9.19 Å². The summed E-state index contributed by atoms with van der Waals surface area (Å²) in [5.41, 5.74) is 0. The number of ether oxygens (including phenoxy) is 1. The van der Waals surface area contributed by atoms with E-state index < -0.39 is 10.0 Å². The molecule has 0 unspecified atom stereocenters. The van der Waals surface area contributed by atoms with Gasteiger partial charge in [0.25, 0.3) is 10.0 Å². The smallest absolute Gasteiger partial charge is 0.250 e. The number of hydrogen-bond donors (Lipinski definition) is 0. The SMILES string of the molecule is C=CCOc1cnn(S(C)(=O)=O)c1. The largest absolute Gasteiger partial charge is 0.486 e. The Kier molecular flexibility index (Phi) is 2.72. The van der Waals surface area contributed by atoms with Crippen molar-refractivity contribution in [3.63, 3.8) is 0 Å². The average molecular weight is 202 g/mol. The van der Waals surface area contributed by atoms with Gasteiger partial charge in [-0.3, -0.25) is 0 Å². The fourth-order valence-electron chi connectivity index (χ4n) is 0.700. The van der Waals surface area contributed by atoms with E-state index in [4.69, 9.17) is 4.74 Å². The zero-order chi connectivity index (χ0) is 9.90. The molecule has 0 aliphatic carbocycles. The minimum atomic E-state index is -3.31. The van der Waals surface area contributed by atoms with Crippen LogP contribution < -0.4 is 4.74 Å². The molecule has 0 spiro atoms. The van der Waals surface area contributed by atoms with Crippen LogP contribution in [-0.2, 0) is 10.0 Å². The number of hydrogen-bond acceptors (Lipinski definition) is 4. The first-order chi connectivity index (χ1) is 6.04. The molecule has 1 aromatic rings. The van der Waals surface area contributed by atoms with Crippen LogP contribution in [0.4, 0.5) is 0 Å². The van der Waals surface area contributed by atoms with Gasteiger partial charge in [-0.25, -0.2) is 8.42 Å². The van der Waals surface area contributed by atoms with Gasteiger partial charge in [0.15, 0.2) is 5.75 Å². The van der Waals surface area contributed by atoms with E-state index in [0.29, 0.717) is 12.4 Å². The second-order valence-corrected chi connectivity index (χ2v) is 4.25. The molecule has 0 saturated carbocycles. The fraction of sp³-hybridized carbons (Fsp3) is 0.286. The van der Waals surface area contributed by atoms with E-state index >= 15 is 0 Å². The van der Waals surface area contributed by atoms with Gasteiger partial charge < -0.3 is 4.74 Å². The van der Waals surface area contributed by atoms with Crippen LogP contribution in [-0.4, -0.2) is 30.5 Å². The maximum absolute atomic E-state index is 10.9. The third kappa shape index (κ3) is 2.59. The molecular formula is C7H10N2O3S. The van der Waals surface area contributed by atoms with Gasteiger partial charge in [0.2, 0.25) is 0 Å². The molecule has 1 rings (SSSR count). The van der Waals surface area contributed by atoms with Gasteiger partial charge in [-0.2, -0.15) is 9.19 Å². The van der Waals surface area contributed by atoms with Gasteiger partial charge in [-0.1, -0.05) is 12.7 Å². The summed E-state index contributed by atoms with van der Waals surface area (Å²) in [6, 6.07) is 0. The molecule has 0 radical (unpaired) electrons. The van der Waals surface area contributed by atoms with E-state index in [2.05, 4.69) is 11.7 Å². The second kappa shape index (κ2) is 3.61. The molecule has 0 atom stereocenters. The molecule has 5 nitrogen and oxygen atoms in total. The molecule has 0 saturated heterocycles. The van der Waals surface area contributed by atoms with Crippen LogP contribution in [0, 0.1) is 0 Å². The first kappa shape index (κ1) is 9.79. The number of rotatable bonds is 4. The topological polar surface area (TPSA) is 61.2 Å². The zero-order valence-corrected chi connectivity index (χ0v) is 7.99. The maximum Gasteiger partial charge on any atom is 0.250 e. The van der Waals surface area contributed by atoms with Gasteiger partial charge in [0, 0.05) is 0 Å². The minimum absolute atomic E-state index is 0.329. The predicted molar refractivity (Wildman–Crippen MR) is 48.2 cm³/mol. The van der Waals surface area contributed by atoms with Crippen molar-refractivity contribution in [2.75, 3.05) is 12.9 Å². The predicted octanol–water partition coefficient (Wildman–Crippen LogP) is 0.256. The van der Waals surface area contributed by atoms with Crippen LogP contribution in [0.3, 0.4) is 0 Å². The normalized spacial score (nSPS) is 11.2. The second-order valence-electron chi connectivity index (χ2n) is 2.41. The Hall–Kier alpha value is -1.30. The van der Waals surface area contributed by atoms with Crippen LogP contribution >= 0.6 is 0 Å². The third-order valence-corrected chi connectivity index (χ3v) is 2.12. The molecule has 1 heterocycles. The van der Waals surface area contributed by atoms with Crippen molar-refractivity contribution in [3.8, 4) is 5.75 Å². The Bertz CT molecular complexity index is 394. The van der Waals surface area contributed by atoms with Crippen LogP contribution in [0.25, 0.3) is 0 Å². The molecule has 0 aliphatic heterocycles. The lowest BCUT2D eigenvalue weighted by molar-refractivity contribution is 0.363. The van der Waals surface area contributed by atoms with Gasteiger partial charge >= 0.3 is 0 Å². The zero-order valence-electron chi connectivity index (χ0n) is 7.17. The quantitative estimate of drug-likeness (QED) is 0.657. The summed E-state index contributed by atoms with van der Waals surface area (Å²) >= 11 is 0. The molecule has 0 N–H and O–H groups in total. The minimum Gasteiger partial charge on any atom is -0.486 e. The Balaban J connectivity index is 2.81. The van der Waals surface area contributed by atoms with E-state index in [0.717, 1.165) is 10.3 Å². The first-order valence-electron chi connectivity index (χ1n) is 3.53. The van der Waals surface area contributed by atoms with Crippen molar-refractivity contribution in [2.45, 2.75) is 0 Å². The highest BCUT2D eigenvalue weighted by molar-refractivity contribution is 7.89. The Morgan fingerprint density at radius 2 is 2.46 bits per heavy atom. The molecule has 1 aromatic heterocycles. The van der Waals surface area contributed by atoms with E-state index in [1.165, 1.54) is 12.4 Å². The van der Waals surface area contributed by atoms with Crippen molar-refractivity contribution in [2.24, 2.45) is 0 Å². The maximum atomic E-state index is 10.9. The average Bonchev–Trinajstić information content (AvgIpc) is 2.47. The van der Waals surface area contributed by atoms with Crippen LogP contribution in [0.2, 0.25) is 0 Å². The lowest BCUT2D eigenvalue weighted by Crippen LogP contribution is -2.09. The summed E-state index contributed by atoms with van der Waals surface area (Å²) in [7, 11) is -3.31. The highest BCUT2D eigenvalue weighted by Gasteiger charge is 2.07. The van der Waals surface area contributed by atoms with Crippen LogP contribution in [0.15, 0.2) is 25.0 Å². The molecule has 13 heavy (non-hydrogen) atoms. The highest BCUT2D eigenvalue weighted by atomic mass is 32.2. The van der Waals surface area contributed by atoms with Crippen LogP contribution in [0.1, 0.15) is 0 Å². The summed E-state index contributed by atoms with van der Waals surface area (Å²) in [5.74, 6) is 0.408. The molecule has 0 bridgehead atoms. The lowest BCUT2D eigenvalue weighted by atomic mass is 10.6. The van der Waals surface area contributed by atoms with Gasteiger partial charge in [0.05, 0.1) is 18.6 Å².